The zero-order valence-electron chi connectivity index (χ0n) is 10.7. The molecule has 0 saturated carbocycles. The van der Waals surface area contributed by atoms with Crippen LogP contribution < -0.4 is 0 Å². The van der Waals surface area contributed by atoms with Gasteiger partial charge < -0.3 is 0 Å². The van der Waals surface area contributed by atoms with Gasteiger partial charge in [0, 0.05) is 0 Å². The molecule has 0 radical (unpaired) electrons. The minimum atomic E-state index is -2.16. The summed E-state index contributed by atoms with van der Waals surface area (Å²) >= 11 is 0. The minimum absolute atomic E-state index is 0.569. The predicted octanol–water partition coefficient (Wildman–Crippen LogP) is -0.941. The van der Waals surface area contributed by atoms with E-state index in [1.165, 1.54) is 0 Å². The minimum Gasteiger partial charge on any atom is -0.259 e. The first-order valence-corrected chi connectivity index (χ1v) is 5.45. The molecule has 0 saturated heterocycles. The van der Waals surface area contributed by atoms with E-state index in [0.717, 1.165) is 0 Å². The van der Waals surface area contributed by atoms with Gasteiger partial charge in [-0.25, -0.2) is 5.21 Å². The second-order valence-corrected chi connectivity index (χ2v) is 3.59. The van der Waals surface area contributed by atoms with E-state index in [1.807, 2.05) is 0 Å². The summed E-state index contributed by atoms with van der Waals surface area (Å²) in [4.78, 5) is 56.1. The lowest BCUT2D eigenvalue weighted by atomic mass is 10.4. The van der Waals surface area contributed by atoms with E-state index in [9.17, 15) is 40.2 Å². The average molecular weight is 329 g/mol. The molecule has 1 unspecified atom stereocenters. The highest BCUT2D eigenvalue weighted by molar-refractivity contribution is 4.40. The van der Waals surface area contributed by atoms with Crippen molar-refractivity contribution < 1.29 is 39.7 Å². The van der Waals surface area contributed by atoms with Crippen molar-refractivity contribution >= 4 is 0 Å². The molecule has 0 aliphatic rings. The van der Waals surface area contributed by atoms with Crippen LogP contribution in [0.2, 0.25) is 0 Å². The molecule has 0 bridgehead atoms. The zero-order valence-corrected chi connectivity index (χ0v) is 10.7. The summed E-state index contributed by atoms with van der Waals surface area (Å²) in [6.07, 6.45) is -5.59. The Morgan fingerprint density at radius 2 is 1.14 bits per heavy atom. The molecule has 0 aromatic heterocycles. The Kier molecular flexibility index (Phi) is 7.58. The largest absolute Gasteiger partial charge is 0.493 e. The van der Waals surface area contributed by atoms with Gasteiger partial charge in [0.2, 0.25) is 0 Å². The molecule has 16 heteroatoms. The molecule has 0 aliphatic carbocycles. The third-order valence-electron chi connectivity index (χ3n) is 2.13. The van der Waals surface area contributed by atoms with Gasteiger partial charge in [0.25, 0.3) is 4.92 Å². The first kappa shape index (κ1) is 18.8. The van der Waals surface area contributed by atoms with Crippen LogP contribution >= 0.6 is 0 Å². The highest BCUT2D eigenvalue weighted by atomic mass is 17.0. The fraction of sp³-hybridized carbons (Fsp3) is 1.00. The molecule has 0 fully saturated rings. The Morgan fingerprint density at radius 3 is 1.45 bits per heavy atom. The molecular formula is C6H11N5O11+2. The Labute approximate surface area is 119 Å². The SMILES string of the molecule is O=[N+](OCCC([N+](=O)[O-])[N+](=O)[O-])OCCC([N+](=O)[O-])[N+](=O)O. The number of hydrogen-bond donors (Lipinski definition) is 1. The predicted molar refractivity (Wildman–Crippen MR) is 58.7 cm³/mol. The van der Waals surface area contributed by atoms with Crippen molar-refractivity contribution in [3.8, 4) is 0 Å². The summed E-state index contributed by atoms with van der Waals surface area (Å²) in [5, 5.41) is 38.6. The summed E-state index contributed by atoms with van der Waals surface area (Å²) in [5.41, 5.74) is 0. The maximum absolute atomic E-state index is 10.9. The fourth-order valence-corrected chi connectivity index (χ4v) is 1.09. The first-order chi connectivity index (χ1) is 10.2. The maximum Gasteiger partial charge on any atom is 0.493 e. The molecule has 0 aromatic carbocycles. The van der Waals surface area contributed by atoms with Crippen LogP contribution in [0.25, 0.3) is 0 Å². The third kappa shape index (κ3) is 6.82. The van der Waals surface area contributed by atoms with Gasteiger partial charge in [-0.15, -0.1) is 0 Å². The summed E-state index contributed by atoms with van der Waals surface area (Å²) in [5.74, 6) is 0. The van der Waals surface area contributed by atoms with Gasteiger partial charge in [-0.3, -0.25) is 30.3 Å². The van der Waals surface area contributed by atoms with Gasteiger partial charge in [-0.1, -0.05) is 0 Å². The van der Waals surface area contributed by atoms with Gasteiger partial charge in [-0.2, -0.15) is 9.68 Å². The molecule has 0 heterocycles. The summed E-state index contributed by atoms with van der Waals surface area (Å²) in [6.45, 7) is -1.41. The van der Waals surface area contributed by atoms with Crippen molar-refractivity contribution in [3.63, 3.8) is 0 Å². The van der Waals surface area contributed by atoms with Gasteiger partial charge >= 0.3 is 17.4 Å². The monoisotopic (exact) mass is 329 g/mol. The van der Waals surface area contributed by atoms with Crippen LogP contribution in [0.5, 0.6) is 0 Å². The molecule has 1 atom stereocenters. The van der Waals surface area contributed by atoms with E-state index < -0.39 is 63.2 Å². The molecular weight excluding hydrogens is 318 g/mol. The second kappa shape index (κ2) is 8.87. The molecule has 0 rings (SSSR count). The maximum atomic E-state index is 10.9. The lowest BCUT2D eigenvalue weighted by molar-refractivity contribution is -0.983. The number of rotatable bonds is 12. The summed E-state index contributed by atoms with van der Waals surface area (Å²) < 4.78 is 0. The fourth-order valence-electron chi connectivity index (χ4n) is 1.09. The molecule has 0 spiro atoms. The average Bonchev–Trinajstić information content (AvgIpc) is 2.37. The molecule has 0 amide bonds. The molecule has 16 nitrogen and oxygen atoms in total. The van der Waals surface area contributed by atoms with E-state index >= 15 is 0 Å². The van der Waals surface area contributed by atoms with Crippen molar-refractivity contribution in [2.45, 2.75) is 25.2 Å². The van der Waals surface area contributed by atoms with E-state index in [4.69, 9.17) is 5.21 Å². The highest BCUT2D eigenvalue weighted by Gasteiger charge is 2.38. The van der Waals surface area contributed by atoms with E-state index in [2.05, 4.69) is 9.68 Å². The topological polar surface area (TPSA) is 208 Å². The lowest BCUT2D eigenvalue weighted by Crippen LogP contribution is -2.32. The molecule has 0 aliphatic heterocycles. The Morgan fingerprint density at radius 1 is 0.773 bits per heavy atom. The molecule has 22 heavy (non-hydrogen) atoms. The third-order valence-corrected chi connectivity index (χ3v) is 2.13. The van der Waals surface area contributed by atoms with E-state index in [-0.39, 0.29) is 0 Å². The number of hydrogen-bond acceptors (Lipinski definition) is 10. The first-order valence-electron chi connectivity index (χ1n) is 5.45. The van der Waals surface area contributed by atoms with Crippen LogP contribution in [0.3, 0.4) is 0 Å². The Bertz CT molecular complexity index is 398. The quantitative estimate of drug-likeness (QED) is 0.262. The normalized spacial score (nSPS) is 11.5. The summed E-state index contributed by atoms with van der Waals surface area (Å²) in [6, 6.07) is 0. The molecule has 1 N–H and O–H groups in total. The number of nitrogens with zero attached hydrogens (tertiary/aromatic N) is 5. The lowest BCUT2D eigenvalue weighted by Gasteiger charge is -1.99. The van der Waals surface area contributed by atoms with E-state index in [1.54, 1.807) is 0 Å². The van der Waals surface area contributed by atoms with E-state index in [0.29, 0.717) is 0 Å². The van der Waals surface area contributed by atoms with Crippen LogP contribution in [0.4, 0.5) is 0 Å². The zero-order chi connectivity index (χ0) is 17.3. The second-order valence-electron chi connectivity index (χ2n) is 3.59. The van der Waals surface area contributed by atoms with Gasteiger partial charge in [0.05, 0.1) is 19.7 Å². The van der Waals surface area contributed by atoms with Gasteiger partial charge in [0.1, 0.15) is 17.7 Å². The van der Waals surface area contributed by atoms with Crippen molar-refractivity contribution in [2.75, 3.05) is 13.2 Å². The highest BCUT2D eigenvalue weighted by Crippen LogP contribution is 2.01. The smallest absolute Gasteiger partial charge is 0.259 e. The van der Waals surface area contributed by atoms with Gasteiger partial charge in [0.15, 0.2) is 13.2 Å². The van der Waals surface area contributed by atoms with Crippen molar-refractivity contribution in [1.82, 2.24) is 0 Å². The van der Waals surface area contributed by atoms with Crippen LogP contribution in [-0.4, -0.2) is 55.5 Å². The van der Waals surface area contributed by atoms with Gasteiger partial charge in [-0.05, 0) is 0 Å². The molecule has 124 valence electrons. The van der Waals surface area contributed by atoms with Crippen molar-refractivity contribution in [2.24, 2.45) is 0 Å². The van der Waals surface area contributed by atoms with Crippen LogP contribution in [0.15, 0.2) is 0 Å². The Balaban J connectivity index is 4.05. The van der Waals surface area contributed by atoms with Crippen LogP contribution in [0.1, 0.15) is 12.8 Å². The molecule has 0 aromatic rings. The Hall–Kier alpha value is -3.20. The summed E-state index contributed by atoms with van der Waals surface area (Å²) in [7, 11) is 0. The van der Waals surface area contributed by atoms with Crippen molar-refractivity contribution in [3.05, 3.63) is 40.2 Å². The van der Waals surface area contributed by atoms with Crippen LogP contribution in [-0.2, 0) is 9.68 Å². The van der Waals surface area contributed by atoms with Crippen molar-refractivity contribution in [1.29, 1.82) is 0 Å². The standard InChI is InChI=1S/C6H11N5O11/c12-7(13)5(8(14)15)1-3-21-11(20)22-4-2-6(9(16)17)10(18)19/h5-6H,1-4H2,(H,12,13)/q+2. The number of nitro groups is 3. The van der Waals surface area contributed by atoms with Crippen LogP contribution in [0, 0.1) is 40.2 Å².